The Morgan fingerprint density at radius 2 is 2.33 bits per heavy atom. The summed E-state index contributed by atoms with van der Waals surface area (Å²) in [6, 6.07) is 1.91. The molecular formula is C10H9N3O2. The molecular weight excluding hydrogens is 194 g/mol. The van der Waals surface area contributed by atoms with E-state index in [2.05, 4.69) is 10.1 Å². The maximum atomic E-state index is 10.9. The molecule has 15 heavy (non-hydrogen) atoms. The molecule has 0 bridgehead atoms. The lowest BCUT2D eigenvalue weighted by molar-refractivity contribution is 0.0699. The predicted molar refractivity (Wildman–Crippen MR) is 51.9 cm³/mol. The summed E-state index contributed by atoms with van der Waals surface area (Å²) < 4.78 is 1.64. The number of carboxylic acid groups (broad SMARTS) is 1. The van der Waals surface area contributed by atoms with Crippen molar-refractivity contribution in [3.63, 3.8) is 0 Å². The van der Waals surface area contributed by atoms with Crippen LogP contribution >= 0.6 is 0 Å². The largest absolute Gasteiger partial charge is 0.477 e. The van der Waals surface area contributed by atoms with E-state index in [9.17, 15) is 4.79 Å². The van der Waals surface area contributed by atoms with Gasteiger partial charge in [-0.1, -0.05) is 0 Å². The summed E-state index contributed by atoms with van der Waals surface area (Å²) in [7, 11) is 0. The predicted octanol–water partition coefficient (Wildman–Crippen LogP) is 1.30. The van der Waals surface area contributed by atoms with Crippen molar-refractivity contribution < 1.29 is 9.90 Å². The number of rotatable bonds is 2. The quantitative estimate of drug-likeness (QED) is 0.798. The first-order valence-corrected chi connectivity index (χ1v) is 4.83. The molecule has 0 spiro atoms. The lowest BCUT2D eigenvalue weighted by Crippen LogP contribution is -2.01. The van der Waals surface area contributed by atoms with E-state index >= 15 is 0 Å². The van der Waals surface area contributed by atoms with Crippen molar-refractivity contribution >= 4 is 11.6 Å². The molecule has 1 fully saturated rings. The van der Waals surface area contributed by atoms with E-state index in [0.29, 0.717) is 11.6 Å². The van der Waals surface area contributed by atoms with Gasteiger partial charge in [0.1, 0.15) is 5.56 Å². The molecule has 0 aromatic carbocycles. The summed E-state index contributed by atoms with van der Waals surface area (Å²) in [6.07, 6.45) is 5.32. The molecule has 2 aromatic heterocycles. The fraction of sp³-hybridized carbons (Fsp3) is 0.300. The lowest BCUT2D eigenvalue weighted by Gasteiger charge is -2.01. The van der Waals surface area contributed by atoms with Crippen molar-refractivity contribution in [2.24, 2.45) is 0 Å². The zero-order chi connectivity index (χ0) is 10.4. The number of carbonyl (C=O) groups is 1. The normalized spacial score (nSPS) is 15.7. The molecule has 5 nitrogen and oxygen atoms in total. The van der Waals surface area contributed by atoms with E-state index in [1.54, 1.807) is 10.7 Å². The van der Waals surface area contributed by atoms with Crippen molar-refractivity contribution in [1.82, 2.24) is 14.6 Å². The summed E-state index contributed by atoms with van der Waals surface area (Å²) in [6.45, 7) is 0. The lowest BCUT2D eigenvalue weighted by atomic mass is 10.3. The van der Waals surface area contributed by atoms with Crippen LogP contribution in [-0.2, 0) is 0 Å². The van der Waals surface area contributed by atoms with Gasteiger partial charge in [0.15, 0.2) is 5.65 Å². The number of hydrogen-bond acceptors (Lipinski definition) is 3. The van der Waals surface area contributed by atoms with Crippen molar-refractivity contribution in [1.29, 1.82) is 0 Å². The Bertz CT molecular complexity index is 543. The summed E-state index contributed by atoms with van der Waals surface area (Å²) >= 11 is 0. The van der Waals surface area contributed by atoms with Gasteiger partial charge in [0.25, 0.3) is 0 Å². The van der Waals surface area contributed by atoms with Gasteiger partial charge in [-0.3, -0.25) is 0 Å². The maximum absolute atomic E-state index is 10.9. The second-order valence-electron chi connectivity index (χ2n) is 3.74. The van der Waals surface area contributed by atoms with E-state index in [1.165, 1.54) is 6.20 Å². The van der Waals surface area contributed by atoms with Gasteiger partial charge in [0, 0.05) is 17.8 Å². The van der Waals surface area contributed by atoms with Gasteiger partial charge in [-0.05, 0) is 18.9 Å². The van der Waals surface area contributed by atoms with Crippen LogP contribution in [0.4, 0.5) is 0 Å². The molecule has 1 aliphatic rings. The van der Waals surface area contributed by atoms with Crippen LogP contribution in [0.5, 0.6) is 0 Å². The molecule has 76 valence electrons. The zero-order valence-electron chi connectivity index (χ0n) is 7.92. The van der Waals surface area contributed by atoms with Gasteiger partial charge < -0.3 is 5.11 Å². The average Bonchev–Trinajstić information content (AvgIpc) is 2.96. The van der Waals surface area contributed by atoms with E-state index in [-0.39, 0.29) is 5.56 Å². The third kappa shape index (κ3) is 1.20. The fourth-order valence-electron chi connectivity index (χ4n) is 1.75. The summed E-state index contributed by atoms with van der Waals surface area (Å²) in [5.41, 5.74) is 1.66. The van der Waals surface area contributed by atoms with Crippen LogP contribution in [0.3, 0.4) is 0 Å². The van der Waals surface area contributed by atoms with Crippen LogP contribution in [0.25, 0.3) is 5.65 Å². The minimum atomic E-state index is -0.981. The second-order valence-corrected chi connectivity index (χ2v) is 3.74. The standard InChI is InChI=1S/C10H9N3O2/c14-10(15)7-5-12-13-8(6-1-2-6)3-4-11-9(7)13/h3-6H,1-2H2,(H,14,15). The van der Waals surface area contributed by atoms with Crippen molar-refractivity contribution in [3.8, 4) is 0 Å². The average molecular weight is 203 g/mol. The molecule has 2 heterocycles. The van der Waals surface area contributed by atoms with Crippen LogP contribution in [0.2, 0.25) is 0 Å². The van der Waals surface area contributed by atoms with Crippen LogP contribution < -0.4 is 0 Å². The van der Waals surface area contributed by atoms with Crippen molar-refractivity contribution in [3.05, 3.63) is 29.7 Å². The summed E-state index contributed by atoms with van der Waals surface area (Å²) in [5, 5.41) is 13.0. The third-order valence-corrected chi connectivity index (χ3v) is 2.66. The van der Waals surface area contributed by atoms with Crippen LogP contribution in [0.15, 0.2) is 18.5 Å². The molecule has 5 heteroatoms. The van der Waals surface area contributed by atoms with Gasteiger partial charge >= 0.3 is 5.97 Å². The van der Waals surface area contributed by atoms with Crippen LogP contribution in [0.1, 0.15) is 34.8 Å². The van der Waals surface area contributed by atoms with Crippen molar-refractivity contribution in [2.75, 3.05) is 0 Å². The highest BCUT2D eigenvalue weighted by Crippen LogP contribution is 2.39. The molecule has 0 atom stereocenters. The van der Waals surface area contributed by atoms with E-state index < -0.39 is 5.97 Å². The molecule has 1 saturated carbocycles. The molecule has 0 aliphatic heterocycles. The Morgan fingerprint density at radius 1 is 1.53 bits per heavy atom. The van der Waals surface area contributed by atoms with Gasteiger partial charge in [-0.15, -0.1) is 0 Å². The first-order chi connectivity index (χ1) is 7.27. The maximum Gasteiger partial charge on any atom is 0.341 e. The van der Waals surface area contributed by atoms with E-state index in [4.69, 9.17) is 5.11 Å². The zero-order valence-corrected chi connectivity index (χ0v) is 7.92. The SMILES string of the molecule is O=C(O)c1cnn2c(C3CC3)ccnc12. The Morgan fingerprint density at radius 3 is 3.00 bits per heavy atom. The van der Waals surface area contributed by atoms with Crippen molar-refractivity contribution in [2.45, 2.75) is 18.8 Å². The molecule has 3 rings (SSSR count). The monoisotopic (exact) mass is 203 g/mol. The van der Waals surface area contributed by atoms with Crippen LogP contribution in [0, 0.1) is 0 Å². The number of aromatic nitrogens is 3. The molecule has 1 aliphatic carbocycles. The number of fused-ring (bicyclic) bond motifs is 1. The molecule has 1 N–H and O–H groups in total. The van der Waals surface area contributed by atoms with E-state index in [1.807, 2.05) is 6.07 Å². The smallest absolute Gasteiger partial charge is 0.341 e. The van der Waals surface area contributed by atoms with Gasteiger partial charge in [0.05, 0.1) is 6.20 Å². The molecule has 0 amide bonds. The first-order valence-electron chi connectivity index (χ1n) is 4.83. The molecule has 0 radical (unpaired) electrons. The third-order valence-electron chi connectivity index (χ3n) is 2.66. The highest BCUT2D eigenvalue weighted by atomic mass is 16.4. The molecule has 0 unspecified atom stereocenters. The fourth-order valence-corrected chi connectivity index (χ4v) is 1.75. The Labute approximate surface area is 85.4 Å². The number of aromatic carboxylic acids is 1. The minimum absolute atomic E-state index is 0.164. The minimum Gasteiger partial charge on any atom is -0.477 e. The highest BCUT2D eigenvalue weighted by molar-refractivity contribution is 5.94. The summed E-state index contributed by atoms with van der Waals surface area (Å²) in [4.78, 5) is 14.9. The number of hydrogen-bond donors (Lipinski definition) is 1. The van der Waals surface area contributed by atoms with Crippen LogP contribution in [-0.4, -0.2) is 25.7 Å². The topological polar surface area (TPSA) is 67.5 Å². The van der Waals surface area contributed by atoms with Gasteiger partial charge in [-0.25, -0.2) is 14.3 Å². The second kappa shape index (κ2) is 2.79. The first kappa shape index (κ1) is 8.40. The Kier molecular flexibility index (Phi) is 1.56. The Hall–Kier alpha value is -1.91. The highest BCUT2D eigenvalue weighted by Gasteiger charge is 2.27. The molecule has 2 aromatic rings. The van der Waals surface area contributed by atoms with Gasteiger partial charge in [-0.2, -0.15) is 5.10 Å². The molecule has 0 saturated heterocycles. The van der Waals surface area contributed by atoms with E-state index in [0.717, 1.165) is 18.5 Å². The summed E-state index contributed by atoms with van der Waals surface area (Å²) in [5.74, 6) is -0.456. The number of carboxylic acids is 1. The Balaban J connectivity index is 2.27. The number of nitrogens with zero attached hydrogens (tertiary/aromatic N) is 3. The van der Waals surface area contributed by atoms with Gasteiger partial charge in [0.2, 0.25) is 0 Å².